The van der Waals surface area contributed by atoms with Crippen molar-refractivity contribution in [1.29, 1.82) is 0 Å². The molecule has 0 radical (unpaired) electrons. The van der Waals surface area contributed by atoms with Crippen LogP contribution in [0.25, 0.3) is 0 Å². The van der Waals surface area contributed by atoms with Gasteiger partial charge in [-0.3, -0.25) is 0 Å². The third-order valence-electron chi connectivity index (χ3n) is 0.167. The van der Waals surface area contributed by atoms with E-state index in [4.69, 9.17) is 0 Å². The fourth-order valence-corrected chi connectivity index (χ4v) is 2.76. The summed E-state index contributed by atoms with van der Waals surface area (Å²) in [5.41, 5.74) is 0. The molecule has 0 bridgehead atoms. The summed E-state index contributed by atoms with van der Waals surface area (Å²) in [5.74, 6) is 0. The molecule has 0 aliphatic carbocycles. The van der Waals surface area contributed by atoms with Crippen LogP contribution in [0.3, 0.4) is 0 Å². The van der Waals surface area contributed by atoms with Gasteiger partial charge in [0.25, 0.3) is 0 Å². The summed E-state index contributed by atoms with van der Waals surface area (Å²) in [6.45, 7) is 0. The molecule has 0 saturated carbocycles. The van der Waals surface area contributed by atoms with Gasteiger partial charge in [-0.2, -0.15) is 0 Å². The van der Waals surface area contributed by atoms with Crippen molar-refractivity contribution in [2.75, 3.05) is 0 Å². The molecule has 0 spiro atoms. The fourth-order valence-electron chi connectivity index (χ4n) is 0.102. The molecular formula is O6S3Zn. The first-order valence-electron chi connectivity index (χ1n) is 1.33. The van der Waals surface area contributed by atoms with E-state index in [2.05, 4.69) is 0 Å². The third kappa shape index (κ3) is 11.6. The quantitative estimate of drug-likeness (QED) is 0.341. The smallest absolute Gasteiger partial charge is 0.739 e. The van der Waals surface area contributed by atoms with Crippen LogP contribution in [0.2, 0.25) is 0 Å². The minimum absolute atomic E-state index is 0. The van der Waals surface area contributed by atoms with Gasteiger partial charge < -0.3 is 9.11 Å². The van der Waals surface area contributed by atoms with Crippen molar-refractivity contribution < 1.29 is 45.4 Å². The van der Waals surface area contributed by atoms with Crippen LogP contribution < -0.4 is 0 Å². The van der Waals surface area contributed by atoms with E-state index in [0.29, 0.717) is 0 Å². The molecule has 0 aromatic carbocycles. The van der Waals surface area contributed by atoms with Gasteiger partial charge in [-0.15, -0.1) is 0 Å². The van der Waals surface area contributed by atoms with Gasteiger partial charge in [0.05, 0.1) is 9.83 Å². The Bertz CT molecular complexity index is 238. The standard InChI is InChI=1S/H2O6S3.Zn/c1-8(2,3)7-9(4,5)6;/h(H,1,2,3)(H,4,5,6);/q;+2/p-2. The van der Waals surface area contributed by atoms with Crippen LogP contribution in [0.15, 0.2) is 0 Å². The van der Waals surface area contributed by atoms with Gasteiger partial charge in [-0.05, 0) is 0 Å². The Hall–Kier alpha value is 0.793. The van der Waals surface area contributed by atoms with Gasteiger partial charge in [0.15, 0.2) is 18.3 Å². The van der Waals surface area contributed by atoms with Crippen LogP contribution >= 0.6 is 9.83 Å². The van der Waals surface area contributed by atoms with Crippen molar-refractivity contribution in [3.8, 4) is 0 Å². The first-order chi connectivity index (χ1) is 3.71. The topological polar surface area (TPSA) is 114 Å². The fraction of sp³-hybridized carbons (Fsp3) is 0. The Morgan fingerprint density at radius 3 is 1.10 bits per heavy atom. The second-order valence-corrected chi connectivity index (χ2v) is 6.74. The molecule has 0 amide bonds. The van der Waals surface area contributed by atoms with Crippen molar-refractivity contribution >= 4 is 28.1 Å². The zero-order valence-electron chi connectivity index (χ0n) is 4.38. The Balaban J connectivity index is 0. The van der Waals surface area contributed by atoms with Crippen molar-refractivity contribution in [2.24, 2.45) is 0 Å². The Morgan fingerprint density at radius 2 is 1.10 bits per heavy atom. The van der Waals surface area contributed by atoms with Crippen LogP contribution in [-0.4, -0.2) is 25.9 Å². The second-order valence-electron chi connectivity index (χ2n) is 0.885. The van der Waals surface area contributed by atoms with Crippen molar-refractivity contribution in [2.45, 2.75) is 0 Å². The predicted molar refractivity (Wildman–Crippen MR) is 27.0 cm³/mol. The normalized spacial score (nSPS) is 12.2. The Labute approximate surface area is 73.4 Å². The number of hydrogen-bond acceptors (Lipinski definition) is 7. The molecule has 0 aliphatic rings. The second kappa shape index (κ2) is 3.98. The molecule has 0 saturated heterocycles. The van der Waals surface area contributed by atoms with Crippen molar-refractivity contribution in [3.05, 3.63) is 0 Å². The summed E-state index contributed by atoms with van der Waals surface area (Å²) in [5, 5.41) is 0. The minimum atomic E-state index is -5.02. The molecule has 0 atom stereocenters. The monoisotopic (exact) mass is 256 g/mol. The molecule has 0 fully saturated rings. The van der Waals surface area contributed by atoms with E-state index >= 15 is 0 Å². The minimum Gasteiger partial charge on any atom is -0.739 e. The van der Waals surface area contributed by atoms with Crippen molar-refractivity contribution in [1.82, 2.24) is 0 Å². The maximum atomic E-state index is 9.48. The van der Waals surface area contributed by atoms with E-state index in [1.54, 1.807) is 0 Å². The molecule has 0 unspecified atom stereocenters. The van der Waals surface area contributed by atoms with Crippen LogP contribution in [-0.2, 0) is 37.8 Å². The van der Waals surface area contributed by atoms with E-state index < -0.39 is 28.1 Å². The van der Waals surface area contributed by atoms with Crippen LogP contribution in [0.5, 0.6) is 0 Å². The van der Waals surface area contributed by atoms with E-state index in [9.17, 15) is 25.9 Å². The van der Waals surface area contributed by atoms with E-state index in [1.807, 2.05) is 0 Å². The summed E-state index contributed by atoms with van der Waals surface area (Å²) >= 11 is 0. The van der Waals surface area contributed by atoms with Gasteiger partial charge in [-0.25, -0.2) is 16.8 Å². The largest absolute Gasteiger partial charge is 2.00 e. The predicted octanol–water partition coefficient (Wildman–Crippen LogP) is -1.36. The van der Waals surface area contributed by atoms with Gasteiger partial charge in [0.2, 0.25) is 0 Å². The summed E-state index contributed by atoms with van der Waals surface area (Å²) in [6, 6.07) is 0. The average Bonchev–Trinajstić information content (AvgIpc) is 1.14. The summed E-state index contributed by atoms with van der Waals surface area (Å²) in [4.78, 5) is 0. The average molecular weight is 258 g/mol. The van der Waals surface area contributed by atoms with Crippen LogP contribution in [0.4, 0.5) is 0 Å². The van der Waals surface area contributed by atoms with Gasteiger partial charge >= 0.3 is 19.5 Å². The molecule has 0 aliphatic heterocycles. The molecule has 56 valence electrons. The zero-order chi connectivity index (χ0) is 7.71. The van der Waals surface area contributed by atoms with E-state index in [1.165, 1.54) is 0 Å². The van der Waals surface area contributed by atoms with Gasteiger partial charge in [0.1, 0.15) is 0 Å². The Kier molecular flexibility index (Phi) is 5.33. The molecule has 0 heterocycles. The maximum Gasteiger partial charge on any atom is 2.00 e. The van der Waals surface area contributed by atoms with Gasteiger partial charge in [0, 0.05) is 0 Å². The summed E-state index contributed by atoms with van der Waals surface area (Å²) in [7, 11) is -11.2. The van der Waals surface area contributed by atoms with Crippen LogP contribution in [0.1, 0.15) is 0 Å². The molecule has 0 N–H and O–H groups in total. The molecular weight excluding hydrogens is 258 g/mol. The first kappa shape index (κ1) is 13.4. The molecule has 6 nitrogen and oxygen atoms in total. The number of rotatable bonds is 2. The Morgan fingerprint density at radius 1 is 0.900 bits per heavy atom. The summed E-state index contributed by atoms with van der Waals surface area (Å²) in [6.07, 6.45) is 0. The molecule has 0 aromatic rings. The zero-order valence-corrected chi connectivity index (χ0v) is 9.80. The summed E-state index contributed by atoms with van der Waals surface area (Å²) < 4.78 is 56.9. The van der Waals surface area contributed by atoms with Gasteiger partial charge in [-0.1, -0.05) is 0 Å². The third-order valence-corrected chi connectivity index (χ3v) is 4.50. The molecule has 0 aromatic heterocycles. The maximum absolute atomic E-state index is 9.48. The molecule has 10 heteroatoms. The van der Waals surface area contributed by atoms with E-state index in [-0.39, 0.29) is 19.5 Å². The first-order valence-corrected chi connectivity index (χ1v) is 6.00. The number of hydrogen-bond donors (Lipinski definition) is 0. The molecule has 10 heavy (non-hydrogen) atoms. The SMILES string of the molecule is O=S(=O)([O-])SS(=O)(=O)[O-].[Zn+2]. The molecule has 0 rings (SSSR count). The van der Waals surface area contributed by atoms with Crippen molar-refractivity contribution in [3.63, 3.8) is 0 Å². The van der Waals surface area contributed by atoms with E-state index in [0.717, 1.165) is 0 Å². The van der Waals surface area contributed by atoms with Crippen LogP contribution in [0, 0.1) is 0 Å².